The summed E-state index contributed by atoms with van der Waals surface area (Å²) in [7, 11) is 0. The zero-order valence-electron chi connectivity index (χ0n) is 13.7. The highest BCUT2D eigenvalue weighted by Crippen LogP contribution is 2.21. The van der Waals surface area contributed by atoms with Gasteiger partial charge in [0.05, 0.1) is 11.8 Å². The lowest BCUT2D eigenvalue weighted by atomic mass is 10.0. The topological polar surface area (TPSA) is 46.0 Å². The summed E-state index contributed by atoms with van der Waals surface area (Å²) in [6.07, 6.45) is 1.74. The Labute approximate surface area is 144 Å². The molecule has 0 unspecified atom stereocenters. The number of hydrogen-bond donors (Lipinski definition) is 1. The molecule has 1 aromatic heterocycles. The molecule has 0 saturated carbocycles. The quantitative estimate of drug-likeness (QED) is 0.561. The predicted octanol–water partition coefficient (Wildman–Crippen LogP) is 4.55. The molecule has 2 aromatic carbocycles. The Morgan fingerprint density at radius 3 is 2.50 bits per heavy atom. The third-order valence-electron chi connectivity index (χ3n) is 3.81. The van der Waals surface area contributed by atoms with Crippen LogP contribution in [0.4, 0.5) is 4.39 Å². The molecule has 1 N–H and O–H groups in total. The van der Waals surface area contributed by atoms with E-state index < -0.39 is 0 Å². The maximum Gasteiger partial charge on any atom is 0.216 e. The third-order valence-corrected chi connectivity index (χ3v) is 4.07. The number of aromatic nitrogens is 3. The van der Waals surface area contributed by atoms with Crippen molar-refractivity contribution in [3.63, 3.8) is 0 Å². The van der Waals surface area contributed by atoms with Gasteiger partial charge in [0.1, 0.15) is 5.82 Å². The minimum Gasteiger partial charge on any atom is -0.250 e. The summed E-state index contributed by atoms with van der Waals surface area (Å²) in [5.74, 6) is -0.0255. The minimum absolute atomic E-state index is 0.312. The Kier molecular flexibility index (Phi) is 4.40. The Bertz CT molecular complexity index is 962. The first-order valence-corrected chi connectivity index (χ1v) is 7.92. The zero-order valence-corrected chi connectivity index (χ0v) is 14.5. The highest BCUT2D eigenvalue weighted by atomic mass is 32.1. The van der Waals surface area contributed by atoms with E-state index in [-0.39, 0.29) is 5.82 Å². The van der Waals surface area contributed by atoms with Crippen molar-refractivity contribution in [3.05, 3.63) is 69.2 Å². The number of hydrogen-bond acceptors (Lipinski definition) is 3. The molecule has 1 heterocycles. The summed E-state index contributed by atoms with van der Waals surface area (Å²) >= 11 is 5.23. The van der Waals surface area contributed by atoms with Gasteiger partial charge in [0.25, 0.3) is 0 Å². The number of H-pyrrole nitrogens is 1. The Balaban J connectivity index is 2.08. The molecule has 0 bridgehead atoms. The van der Waals surface area contributed by atoms with Crippen LogP contribution in [0.1, 0.15) is 22.3 Å². The number of benzene rings is 2. The van der Waals surface area contributed by atoms with Crippen LogP contribution < -0.4 is 0 Å². The fourth-order valence-corrected chi connectivity index (χ4v) is 2.91. The standard InChI is InChI=1S/C18H17FN4S/c1-11-8-12(2)15(13(3)9-11)10-20-23-17(21-22-18(23)24)14-6-4-5-7-16(14)19/h4-10H,1-3H3,(H,22,24). The molecule has 3 aromatic rings. The first kappa shape index (κ1) is 16.3. The molecule has 0 aliphatic rings. The lowest BCUT2D eigenvalue weighted by Gasteiger charge is -2.07. The van der Waals surface area contributed by atoms with Crippen molar-refractivity contribution in [3.8, 4) is 11.4 Å². The number of nitrogens with one attached hydrogen (secondary N) is 1. The van der Waals surface area contributed by atoms with E-state index in [1.165, 1.54) is 16.3 Å². The van der Waals surface area contributed by atoms with E-state index in [1.807, 2.05) is 13.8 Å². The Morgan fingerprint density at radius 2 is 1.83 bits per heavy atom. The van der Waals surface area contributed by atoms with E-state index in [1.54, 1.807) is 24.4 Å². The molecule has 0 radical (unpaired) electrons. The van der Waals surface area contributed by atoms with Gasteiger partial charge in [-0.1, -0.05) is 29.8 Å². The molecule has 3 rings (SSSR count). The molecular weight excluding hydrogens is 323 g/mol. The van der Waals surface area contributed by atoms with Gasteiger partial charge in [-0.2, -0.15) is 14.9 Å². The van der Waals surface area contributed by atoms with Gasteiger partial charge in [-0.05, 0) is 56.2 Å². The van der Waals surface area contributed by atoms with Crippen LogP contribution in [-0.2, 0) is 0 Å². The highest BCUT2D eigenvalue weighted by Gasteiger charge is 2.12. The molecule has 0 saturated heterocycles. The van der Waals surface area contributed by atoms with Crippen LogP contribution in [0.2, 0.25) is 0 Å². The minimum atomic E-state index is -0.370. The third kappa shape index (κ3) is 3.05. The molecule has 0 spiro atoms. The van der Waals surface area contributed by atoms with Crippen LogP contribution in [0.25, 0.3) is 11.4 Å². The Morgan fingerprint density at radius 1 is 1.17 bits per heavy atom. The smallest absolute Gasteiger partial charge is 0.216 e. The summed E-state index contributed by atoms with van der Waals surface area (Å²) in [5.41, 5.74) is 4.81. The van der Waals surface area contributed by atoms with Crippen LogP contribution >= 0.6 is 12.2 Å². The maximum absolute atomic E-state index is 14.0. The van der Waals surface area contributed by atoms with E-state index in [0.717, 1.165) is 16.7 Å². The van der Waals surface area contributed by atoms with E-state index in [2.05, 4.69) is 34.4 Å². The van der Waals surface area contributed by atoms with Gasteiger partial charge in [-0.15, -0.1) is 0 Å². The van der Waals surface area contributed by atoms with Crippen LogP contribution in [-0.4, -0.2) is 21.1 Å². The lowest BCUT2D eigenvalue weighted by molar-refractivity contribution is 0.628. The van der Waals surface area contributed by atoms with Crippen molar-refractivity contribution >= 4 is 18.4 Å². The largest absolute Gasteiger partial charge is 0.250 e. The van der Waals surface area contributed by atoms with Crippen LogP contribution in [0.5, 0.6) is 0 Å². The van der Waals surface area contributed by atoms with Crippen LogP contribution in [0.15, 0.2) is 41.5 Å². The van der Waals surface area contributed by atoms with Gasteiger partial charge in [0.15, 0.2) is 5.82 Å². The molecule has 24 heavy (non-hydrogen) atoms. The molecule has 0 amide bonds. The molecule has 4 nitrogen and oxygen atoms in total. The molecule has 0 aliphatic carbocycles. The SMILES string of the molecule is Cc1cc(C)c(C=Nn2c(-c3ccccc3F)n[nH]c2=S)c(C)c1. The molecule has 0 atom stereocenters. The van der Waals surface area contributed by atoms with Crippen molar-refractivity contribution in [2.45, 2.75) is 20.8 Å². The normalized spacial score (nSPS) is 11.3. The Hall–Kier alpha value is -2.60. The highest BCUT2D eigenvalue weighted by molar-refractivity contribution is 7.71. The zero-order chi connectivity index (χ0) is 17.3. The van der Waals surface area contributed by atoms with Crippen molar-refractivity contribution in [1.82, 2.24) is 14.9 Å². The van der Waals surface area contributed by atoms with Crippen LogP contribution in [0.3, 0.4) is 0 Å². The summed E-state index contributed by atoms with van der Waals surface area (Å²) in [5, 5.41) is 11.2. The molecular formula is C18H17FN4S. The number of aryl methyl sites for hydroxylation is 3. The predicted molar refractivity (Wildman–Crippen MR) is 96.5 cm³/mol. The van der Waals surface area contributed by atoms with Gasteiger partial charge >= 0.3 is 0 Å². The summed E-state index contributed by atoms with van der Waals surface area (Å²) < 4.78 is 15.8. The van der Waals surface area contributed by atoms with E-state index >= 15 is 0 Å². The molecule has 122 valence electrons. The van der Waals surface area contributed by atoms with Gasteiger partial charge in [0.2, 0.25) is 4.77 Å². The second-order valence-corrected chi connectivity index (χ2v) is 6.09. The average Bonchev–Trinajstić information content (AvgIpc) is 2.88. The van der Waals surface area contributed by atoms with Crippen molar-refractivity contribution < 1.29 is 4.39 Å². The molecule has 0 aliphatic heterocycles. The van der Waals surface area contributed by atoms with Crippen molar-refractivity contribution in [2.24, 2.45) is 5.10 Å². The number of aromatic amines is 1. The second kappa shape index (κ2) is 6.49. The molecule has 0 fully saturated rings. The maximum atomic E-state index is 14.0. The summed E-state index contributed by atoms with van der Waals surface area (Å²) in [6, 6.07) is 10.6. The van der Waals surface area contributed by atoms with Crippen molar-refractivity contribution in [2.75, 3.05) is 0 Å². The summed E-state index contributed by atoms with van der Waals surface area (Å²) in [6.45, 7) is 6.13. The second-order valence-electron chi connectivity index (χ2n) is 5.70. The van der Waals surface area contributed by atoms with Gasteiger partial charge in [-0.25, -0.2) is 9.49 Å². The van der Waals surface area contributed by atoms with E-state index in [4.69, 9.17) is 12.2 Å². The van der Waals surface area contributed by atoms with Gasteiger partial charge in [0, 0.05) is 5.56 Å². The van der Waals surface area contributed by atoms with Gasteiger partial charge in [-0.3, -0.25) is 0 Å². The van der Waals surface area contributed by atoms with Crippen molar-refractivity contribution in [1.29, 1.82) is 0 Å². The van der Waals surface area contributed by atoms with E-state index in [9.17, 15) is 4.39 Å². The lowest BCUT2D eigenvalue weighted by Crippen LogP contribution is -1.99. The molecule has 6 heteroatoms. The number of nitrogens with zero attached hydrogens (tertiary/aromatic N) is 3. The number of halogens is 1. The van der Waals surface area contributed by atoms with Gasteiger partial charge < -0.3 is 0 Å². The average molecular weight is 340 g/mol. The van der Waals surface area contributed by atoms with Crippen LogP contribution in [0, 0.1) is 31.4 Å². The van der Waals surface area contributed by atoms with E-state index in [0.29, 0.717) is 16.2 Å². The first-order chi connectivity index (χ1) is 11.5. The monoisotopic (exact) mass is 340 g/mol. The first-order valence-electron chi connectivity index (χ1n) is 7.52. The number of rotatable bonds is 3. The fourth-order valence-electron chi connectivity index (χ4n) is 2.73. The fraction of sp³-hybridized carbons (Fsp3) is 0.167. The summed E-state index contributed by atoms with van der Waals surface area (Å²) in [4.78, 5) is 0.